The molecule has 25 heavy (non-hydrogen) atoms. The van der Waals surface area contributed by atoms with Crippen LogP contribution in [-0.4, -0.2) is 63.2 Å². The molecule has 146 valence electrons. The Morgan fingerprint density at radius 3 is 2.80 bits per heavy atom. The summed E-state index contributed by atoms with van der Waals surface area (Å²) in [5, 5.41) is 16.0. The highest BCUT2D eigenvalue weighted by atomic mass is 16.5. The number of guanidine groups is 1. The Labute approximate surface area is 152 Å². The third-order valence-electron chi connectivity index (χ3n) is 5.26. The predicted octanol–water partition coefficient (Wildman–Crippen LogP) is 2.07. The lowest BCUT2D eigenvalue weighted by Gasteiger charge is -2.25. The fourth-order valence-corrected chi connectivity index (χ4v) is 3.64. The van der Waals surface area contributed by atoms with Gasteiger partial charge in [-0.3, -0.25) is 4.99 Å². The first-order valence-electron chi connectivity index (χ1n) is 10.1. The molecule has 1 saturated carbocycles. The Morgan fingerprint density at radius 1 is 1.28 bits per heavy atom. The monoisotopic (exact) mass is 355 g/mol. The summed E-state index contributed by atoms with van der Waals surface area (Å²) < 4.78 is 11.5. The molecule has 0 radical (unpaired) electrons. The van der Waals surface area contributed by atoms with Gasteiger partial charge in [-0.25, -0.2) is 0 Å². The molecule has 2 rings (SSSR count). The van der Waals surface area contributed by atoms with Gasteiger partial charge >= 0.3 is 0 Å². The lowest BCUT2D eigenvalue weighted by atomic mass is 9.84. The molecule has 2 aliphatic rings. The first-order chi connectivity index (χ1) is 12.3. The van der Waals surface area contributed by atoms with Crippen LogP contribution >= 0.6 is 0 Å². The van der Waals surface area contributed by atoms with Crippen molar-refractivity contribution in [1.29, 1.82) is 0 Å². The van der Waals surface area contributed by atoms with Crippen LogP contribution in [0.2, 0.25) is 0 Å². The van der Waals surface area contributed by atoms with Gasteiger partial charge in [-0.2, -0.15) is 0 Å². The van der Waals surface area contributed by atoms with E-state index in [0.717, 1.165) is 51.5 Å². The molecule has 1 aliphatic carbocycles. The van der Waals surface area contributed by atoms with E-state index in [4.69, 9.17) is 14.5 Å². The van der Waals surface area contributed by atoms with Gasteiger partial charge in [0.15, 0.2) is 5.96 Å². The lowest BCUT2D eigenvalue weighted by Crippen LogP contribution is -2.39. The highest BCUT2D eigenvalue weighted by molar-refractivity contribution is 5.79. The first kappa shape index (κ1) is 20.5. The van der Waals surface area contributed by atoms with Gasteiger partial charge in [-0.15, -0.1) is 0 Å². The lowest BCUT2D eigenvalue weighted by molar-refractivity contribution is 0.0277. The van der Waals surface area contributed by atoms with E-state index in [-0.39, 0.29) is 12.0 Å². The Balaban J connectivity index is 1.68. The van der Waals surface area contributed by atoms with E-state index in [2.05, 4.69) is 17.6 Å². The molecule has 6 heteroatoms. The SMILES string of the molecule is CCNC(=NCC1(CCO)CCOC1)NCCCOC1CCCCC1. The molecule has 0 bridgehead atoms. The number of rotatable bonds is 10. The fraction of sp³-hybridized carbons (Fsp3) is 0.947. The number of aliphatic hydroxyl groups is 1. The molecule has 1 saturated heterocycles. The molecular weight excluding hydrogens is 318 g/mol. The van der Waals surface area contributed by atoms with Gasteiger partial charge in [0.1, 0.15) is 0 Å². The highest BCUT2D eigenvalue weighted by Crippen LogP contribution is 2.32. The molecule has 1 atom stereocenters. The molecule has 1 aliphatic heterocycles. The van der Waals surface area contributed by atoms with E-state index in [9.17, 15) is 5.11 Å². The molecular formula is C19H37N3O3. The van der Waals surface area contributed by atoms with E-state index < -0.39 is 0 Å². The predicted molar refractivity (Wildman–Crippen MR) is 101 cm³/mol. The van der Waals surface area contributed by atoms with Crippen LogP contribution in [0.4, 0.5) is 0 Å². The van der Waals surface area contributed by atoms with Crippen LogP contribution in [0.3, 0.4) is 0 Å². The Kier molecular flexibility index (Phi) is 9.58. The van der Waals surface area contributed by atoms with Gasteiger partial charge in [-0.1, -0.05) is 19.3 Å². The maximum atomic E-state index is 9.32. The first-order valence-corrected chi connectivity index (χ1v) is 10.1. The molecule has 0 amide bonds. The van der Waals surface area contributed by atoms with Crippen LogP contribution in [0.5, 0.6) is 0 Å². The Morgan fingerprint density at radius 2 is 2.12 bits per heavy atom. The number of hydrogen-bond acceptors (Lipinski definition) is 4. The topological polar surface area (TPSA) is 75.1 Å². The Bertz CT molecular complexity index is 378. The molecule has 1 heterocycles. The average Bonchev–Trinajstić information content (AvgIpc) is 3.09. The number of nitrogens with one attached hydrogen (secondary N) is 2. The summed E-state index contributed by atoms with van der Waals surface area (Å²) in [5.74, 6) is 0.851. The standard InChI is InChI=1S/C19H37N3O3/c1-2-20-18(22-15-19(9-12-23)10-14-24-16-19)21-11-6-13-25-17-7-4-3-5-8-17/h17,23H,2-16H2,1H3,(H2,20,21,22). The molecule has 0 spiro atoms. The zero-order valence-electron chi connectivity index (χ0n) is 15.9. The largest absolute Gasteiger partial charge is 0.396 e. The zero-order valence-corrected chi connectivity index (χ0v) is 15.9. The molecule has 1 unspecified atom stereocenters. The van der Waals surface area contributed by atoms with E-state index >= 15 is 0 Å². The van der Waals surface area contributed by atoms with Crippen LogP contribution in [0, 0.1) is 5.41 Å². The minimum absolute atomic E-state index is 0.00119. The minimum atomic E-state index is 0.00119. The van der Waals surface area contributed by atoms with Crippen molar-refractivity contribution >= 4 is 5.96 Å². The Hall–Kier alpha value is -0.850. The van der Waals surface area contributed by atoms with Crippen LogP contribution in [-0.2, 0) is 9.47 Å². The average molecular weight is 356 g/mol. The fourth-order valence-electron chi connectivity index (χ4n) is 3.64. The van der Waals surface area contributed by atoms with E-state index in [1.807, 2.05) is 0 Å². The normalized spacial score (nSPS) is 25.3. The van der Waals surface area contributed by atoms with Crippen molar-refractivity contribution in [3.8, 4) is 0 Å². The summed E-state index contributed by atoms with van der Waals surface area (Å²) in [7, 11) is 0. The van der Waals surface area contributed by atoms with E-state index in [0.29, 0.717) is 19.3 Å². The van der Waals surface area contributed by atoms with Gasteiger partial charge in [0.2, 0.25) is 0 Å². The van der Waals surface area contributed by atoms with Gasteiger partial charge in [0.05, 0.1) is 19.3 Å². The number of hydrogen-bond donors (Lipinski definition) is 3. The van der Waals surface area contributed by atoms with E-state index in [1.54, 1.807) is 0 Å². The third kappa shape index (κ3) is 7.50. The van der Waals surface area contributed by atoms with Crippen LogP contribution in [0.1, 0.15) is 58.3 Å². The highest BCUT2D eigenvalue weighted by Gasteiger charge is 2.34. The number of ether oxygens (including phenoxy) is 2. The molecule has 3 N–H and O–H groups in total. The molecule has 6 nitrogen and oxygen atoms in total. The van der Waals surface area contributed by atoms with Gasteiger partial charge in [0.25, 0.3) is 0 Å². The summed E-state index contributed by atoms with van der Waals surface area (Å²) in [6.07, 6.45) is 9.67. The third-order valence-corrected chi connectivity index (χ3v) is 5.26. The maximum absolute atomic E-state index is 9.32. The van der Waals surface area contributed by atoms with Crippen molar-refractivity contribution in [2.75, 3.05) is 46.1 Å². The van der Waals surface area contributed by atoms with Crippen molar-refractivity contribution in [2.45, 2.75) is 64.4 Å². The van der Waals surface area contributed by atoms with Crippen molar-refractivity contribution in [2.24, 2.45) is 10.4 Å². The number of aliphatic imine (C=N–C) groups is 1. The second kappa shape index (κ2) is 11.7. The molecule has 0 aromatic rings. The van der Waals surface area contributed by atoms with Crippen molar-refractivity contribution in [1.82, 2.24) is 10.6 Å². The smallest absolute Gasteiger partial charge is 0.191 e. The second-order valence-corrected chi connectivity index (χ2v) is 7.38. The van der Waals surface area contributed by atoms with Crippen molar-refractivity contribution < 1.29 is 14.6 Å². The minimum Gasteiger partial charge on any atom is -0.396 e. The second-order valence-electron chi connectivity index (χ2n) is 7.38. The number of aliphatic hydroxyl groups excluding tert-OH is 1. The van der Waals surface area contributed by atoms with Crippen LogP contribution < -0.4 is 10.6 Å². The van der Waals surface area contributed by atoms with Gasteiger partial charge < -0.3 is 25.2 Å². The van der Waals surface area contributed by atoms with Gasteiger partial charge in [0, 0.05) is 38.3 Å². The summed E-state index contributed by atoms with van der Waals surface area (Å²) >= 11 is 0. The number of nitrogens with zero attached hydrogens (tertiary/aromatic N) is 1. The molecule has 2 fully saturated rings. The molecule has 0 aromatic carbocycles. The van der Waals surface area contributed by atoms with Gasteiger partial charge in [-0.05, 0) is 39.0 Å². The van der Waals surface area contributed by atoms with Crippen LogP contribution in [0.15, 0.2) is 4.99 Å². The summed E-state index contributed by atoms with van der Waals surface area (Å²) in [4.78, 5) is 4.74. The summed E-state index contributed by atoms with van der Waals surface area (Å²) in [6, 6.07) is 0. The summed E-state index contributed by atoms with van der Waals surface area (Å²) in [6.45, 7) is 6.97. The molecule has 0 aromatic heterocycles. The van der Waals surface area contributed by atoms with Crippen molar-refractivity contribution in [3.05, 3.63) is 0 Å². The zero-order chi connectivity index (χ0) is 17.8. The van der Waals surface area contributed by atoms with Crippen molar-refractivity contribution in [3.63, 3.8) is 0 Å². The van der Waals surface area contributed by atoms with Crippen LogP contribution in [0.25, 0.3) is 0 Å². The summed E-state index contributed by atoms with van der Waals surface area (Å²) in [5.41, 5.74) is 0.00119. The maximum Gasteiger partial charge on any atom is 0.191 e. The van der Waals surface area contributed by atoms with E-state index in [1.165, 1.54) is 32.1 Å². The quantitative estimate of drug-likeness (QED) is 0.318.